The second-order valence-corrected chi connectivity index (χ2v) is 8.42. The van der Waals surface area contributed by atoms with E-state index in [0.717, 1.165) is 30.5 Å². The molecule has 0 radical (unpaired) electrons. The van der Waals surface area contributed by atoms with E-state index in [2.05, 4.69) is 4.90 Å². The second-order valence-electron chi connectivity index (χ2n) is 6.19. The van der Waals surface area contributed by atoms with Crippen LogP contribution in [0, 0.1) is 5.82 Å². The topological polar surface area (TPSA) is 63.4 Å². The lowest BCUT2D eigenvalue weighted by Gasteiger charge is -2.43. The molecule has 116 valence electrons. The molecule has 0 amide bonds. The second kappa shape index (κ2) is 4.95. The lowest BCUT2D eigenvalue weighted by molar-refractivity contribution is 0.408. The summed E-state index contributed by atoms with van der Waals surface area (Å²) in [5.41, 5.74) is 7.33. The Morgan fingerprint density at radius 1 is 1.48 bits per heavy atom. The molecule has 21 heavy (non-hydrogen) atoms. The number of rotatable bonds is 3. The van der Waals surface area contributed by atoms with Crippen molar-refractivity contribution in [1.82, 2.24) is 0 Å². The molecule has 1 saturated carbocycles. The highest BCUT2D eigenvalue weighted by Crippen LogP contribution is 2.44. The molecule has 0 saturated heterocycles. The van der Waals surface area contributed by atoms with Crippen LogP contribution in [0.2, 0.25) is 0 Å². The average molecular weight is 312 g/mol. The molecule has 2 N–H and O–H groups in total. The van der Waals surface area contributed by atoms with Crippen LogP contribution in [0.1, 0.15) is 24.8 Å². The van der Waals surface area contributed by atoms with Gasteiger partial charge in [-0.1, -0.05) is 6.07 Å². The minimum absolute atomic E-state index is 0.278. The highest BCUT2D eigenvalue weighted by molar-refractivity contribution is 7.91. The van der Waals surface area contributed by atoms with Crippen LogP contribution in [0.4, 0.5) is 10.1 Å². The fourth-order valence-electron chi connectivity index (χ4n) is 4.10. The van der Waals surface area contributed by atoms with Crippen molar-refractivity contribution in [2.75, 3.05) is 24.2 Å². The van der Waals surface area contributed by atoms with Gasteiger partial charge in [-0.15, -0.1) is 0 Å². The summed E-state index contributed by atoms with van der Waals surface area (Å²) in [4.78, 5) is 2.06. The molecule has 1 fully saturated rings. The lowest BCUT2D eigenvalue weighted by atomic mass is 9.94. The minimum Gasteiger partial charge on any atom is -0.363 e. The molecule has 1 heterocycles. The van der Waals surface area contributed by atoms with Crippen molar-refractivity contribution >= 4 is 15.5 Å². The van der Waals surface area contributed by atoms with Gasteiger partial charge in [-0.3, -0.25) is 0 Å². The summed E-state index contributed by atoms with van der Waals surface area (Å²) in [6.45, 7) is 0.989. The van der Waals surface area contributed by atoms with Gasteiger partial charge in [-0.25, -0.2) is 12.8 Å². The van der Waals surface area contributed by atoms with E-state index in [4.69, 9.17) is 5.73 Å². The molecule has 1 aromatic rings. The SMILES string of the molecule is CS(=O)(=O)C1CCCC1(CN)N1CCc2ccc(F)cc21. The highest BCUT2D eigenvalue weighted by Gasteiger charge is 2.52. The van der Waals surface area contributed by atoms with Gasteiger partial charge in [0.1, 0.15) is 5.82 Å². The summed E-state index contributed by atoms with van der Waals surface area (Å²) < 4.78 is 38.0. The number of halogens is 1. The van der Waals surface area contributed by atoms with Crippen LogP contribution in [0.5, 0.6) is 0 Å². The first-order valence-corrected chi connectivity index (χ1v) is 9.29. The van der Waals surface area contributed by atoms with Crippen molar-refractivity contribution in [2.24, 2.45) is 5.73 Å². The predicted molar refractivity (Wildman–Crippen MR) is 81.7 cm³/mol. The Labute approximate surface area is 125 Å². The Kier molecular flexibility index (Phi) is 3.48. The number of benzene rings is 1. The molecule has 2 aliphatic rings. The van der Waals surface area contributed by atoms with Gasteiger partial charge in [-0.05, 0) is 43.4 Å². The van der Waals surface area contributed by atoms with Crippen LogP contribution < -0.4 is 10.6 Å². The number of nitrogens with zero attached hydrogens (tertiary/aromatic N) is 1. The maximum atomic E-state index is 13.6. The molecule has 1 aromatic carbocycles. The van der Waals surface area contributed by atoms with Crippen molar-refractivity contribution < 1.29 is 12.8 Å². The van der Waals surface area contributed by atoms with Crippen LogP contribution >= 0.6 is 0 Å². The molecule has 2 unspecified atom stereocenters. The number of hydrogen-bond donors (Lipinski definition) is 1. The Bertz CT molecular complexity index is 662. The fourth-order valence-corrected chi connectivity index (χ4v) is 5.84. The zero-order valence-electron chi connectivity index (χ0n) is 12.2. The Morgan fingerprint density at radius 3 is 2.90 bits per heavy atom. The molecule has 0 aromatic heterocycles. The zero-order chi connectivity index (χ0) is 15.3. The largest absolute Gasteiger partial charge is 0.363 e. The van der Waals surface area contributed by atoms with Crippen molar-refractivity contribution in [3.8, 4) is 0 Å². The van der Waals surface area contributed by atoms with E-state index < -0.39 is 20.6 Å². The quantitative estimate of drug-likeness (QED) is 0.918. The zero-order valence-corrected chi connectivity index (χ0v) is 13.0. The number of sulfone groups is 1. The first kappa shape index (κ1) is 14.8. The first-order valence-electron chi connectivity index (χ1n) is 7.33. The van der Waals surface area contributed by atoms with E-state index in [9.17, 15) is 12.8 Å². The van der Waals surface area contributed by atoms with Crippen molar-refractivity contribution in [3.63, 3.8) is 0 Å². The molecule has 3 rings (SSSR count). The van der Waals surface area contributed by atoms with E-state index >= 15 is 0 Å². The first-order chi connectivity index (χ1) is 9.88. The molecule has 1 aliphatic heterocycles. The molecule has 0 bridgehead atoms. The monoisotopic (exact) mass is 312 g/mol. The third kappa shape index (κ3) is 2.25. The number of hydrogen-bond acceptors (Lipinski definition) is 4. The Hall–Kier alpha value is -1.14. The smallest absolute Gasteiger partial charge is 0.152 e. The number of fused-ring (bicyclic) bond motifs is 1. The van der Waals surface area contributed by atoms with Gasteiger partial charge in [0.15, 0.2) is 9.84 Å². The predicted octanol–water partition coefficient (Wildman–Crippen LogP) is 1.48. The van der Waals surface area contributed by atoms with Gasteiger partial charge in [0, 0.05) is 25.0 Å². The van der Waals surface area contributed by atoms with E-state index in [-0.39, 0.29) is 12.4 Å². The molecule has 4 nitrogen and oxygen atoms in total. The van der Waals surface area contributed by atoms with Crippen molar-refractivity contribution in [1.29, 1.82) is 0 Å². The molecular weight excluding hydrogens is 291 g/mol. The van der Waals surface area contributed by atoms with Crippen molar-refractivity contribution in [2.45, 2.75) is 36.5 Å². The molecule has 6 heteroatoms. The van der Waals surface area contributed by atoms with Gasteiger partial charge < -0.3 is 10.6 Å². The van der Waals surface area contributed by atoms with E-state index in [1.807, 2.05) is 0 Å². The van der Waals surface area contributed by atoms with Crippen LogP contribution in [-0.4, -0.2) is 38.6 Å². The normalized spacial score (nSPS) is 28.9. The third-order valence-electron chi connectivity index (χ3n) is 5.03. The Balaban J connectivity index is 2.08. The standard InChI is InChI=1S/C15H21FN2O2S/c1-21(19,20)14-3-2-7-15(14,10-17)18-8-6-11-4-5-12(16)9-13(11)18/h4-5,9,14H,2-3,6-8,10,17H2,1H3. The summed E-state index contributed by atoms with van der Waals surface area (Å²) in [6.07, 6.45) is 4.33. The summed E-state index contributed by atoms with van der Waals surface area (Å²) in [5.74, 6) is -0.290. The van der Waals surface area contributed by atoms with Gasteiger partial charge in [0.05, 0.1) is 10.8 Å². The number of anilines is 1. The van der Waals surface area contributed by atoms with Crippen LogP contribution in [-0.2, 0) is 16.3 Å². The van der Waals surface area contributed by atoms with Gasteiger partial charge in [0.2, 0.25) is 0 Å². The Morgan fingerprint density at radius 2 is 2.24 bits per heavy atom. The maximum Gasteiger partial charge on any atom is 0.152 e. The van der Waals surface area contributed by atoms with Crippen molar-refractivity contribution in [3.05, 3.63) is 29.6 Å². The summed E-state index contributed by atoms with van der Waals surface area (Å²) in [5, 5.41) is -0.468. The van der Waals surface area contributed by atoms with Gasteiger partial charge in [-0.2, -0.15) is 0 Å². The van der Waals surface area contributed by atoms with Crippen LogP contribution in [0.3, 0.4) is 0 Å². The molecule has 1 aliphatic carbocycles. The fraction of sp³-hybridized carbons (Fsp3) is 0.600. The number of nitrogens with two attached hydrogens (primary N) is 1. The average Bonchev–Trinajstić information content (AvgIpc) is 3.01. The summed E-state index contributed by atoms with van der Waals surface area (Å²) in [6, 6.07) is 4.76. The van der Waals surface area contributed by atoms with Gasteiger partial charge >= 0.3 is 0 Å². The highest BCUT2D eigenvalue weighted by atomic mass is 32.2. The molecule has 0 spiro atoms. The van der Waals surface area contributed by atoms with E-state index in [1.54, 1.807) is 6.07 Å². The van der Waals surface area contributed by atoms with Crippen LogP contribution in [0.15, 0.2) is 18.2 Å². The lowest BCUT2D eigenvalue weighted by Crippen LogP contribution is -2.60. The van der Waals surface area contributed by atoms with E-state index in [1.165, 1.54) is 18.4 Å². The van der Waals surface area contributed by atoms with Gasteiger partial charge in [0.25, 0.3) is 0 Å². The van der Waals surface area contributed by atoms with Crippen LogP contribution in [0.25, 0.3) is 0 Å². The van der Waals surface area contributed by atoms with E-state index in [0.29, 0.717) is 13.0 Å². The molecule has 2 atom stereocenters. The summed E-state index contributed by atoms with van der Waals surface area (Å²) in [7, 11) is -3.19. The minimum atomic E-state index is -3.19. The maximum absolute atomic E-state index is 13.6. The summed E-state index contributed by atoms with van der Waals surface area (Å²) >= 11 is 0. The third-order valence-corrected chi connectivity index (χ3v) is 6.73. The molecular formula is C15H21FN2O2S.